The molecule has 2 saturated heterocycles. The number of carbonyl (C=O) groups is 3. The molecule has 0 radical (unpaired) electrons. The lowest BCUT2D eigenvalue weighted by molar-refractivity contribution is -0.844. The van der Waals surface area contributed by atoms with E-state index in [0.717, 1.165) is 40.8 Å². The number of amides is 3. The number of carbonyl (C=O) groups excluding carboxylic acids is 3. The van der Waals surface area contributed by atoms with Crippen molar-refractivity contribution < 1.29 is 23.6 Å². The number of anilines is 1. The fraction of sp³-hybridized carbons (Fsp3) is 0.484. The first-order chi connectivity index (χ1) is 18.4. The van der Waals surface area contributed by atoms with Crippen molar-refractivity contribution in [3.63, 3.8) is 0 Å². The molecule has 3 aliphatic heterocycles. The second-order valence-electron chi connectivity index (χ2n) is 12.7. The lowest BCUT2D eigenvalue weighted by Gasteiger charge is -2.46. The normalized spacial score (nSPS) is 30.5. The second kappa shape index (κ2) is 8.40. The van der Waals surface area contributed by atoms with Gasteiger partial charge in [0.2, 0.25) is 5.91 Å². The monoisotopic (exact) mass is 527 g/mol. The zero-order chi connectivity index (χ0) is 27.9. The van der Waals surface area contributed by atoms with Gasteiger partial charge in [0.05, 0.1) is 18.4 Å². The SMILES string of the molecule is CN1C(=O)Cc2c(-c3ccc(CC(C#N)NC(=O)C4C5CCC6C5(C)[N+]46C(=O)OC(C)(C)C)cc3)cccc21. The maximum absolute atomic E-state index is 13.5. The van der Waals surface area contributed by atoms with Gasteiger partial charge < -0.3 is 15.0 Å². The molecule has 6 rings (SSSR count). The average molecular weight is 528 g/mol. The lowest BCUT2D eigenvalue weighted by Crippen LogP contribution is -2.72. The Morgan fingerprint density at radius 3 is 2.56 bits per heavy atom. The molecule has 0 spiro atoms. The summed E-state index contributed by atoms with van der Waals surface area (Å²) in [6.07, 6.45) is 2.27. The molecule has 3 fully saturated rings. The van der Waals surface area contributed by atoms with Crippen LogP contribution < -0.4 is 10.2 Å². The van der Waals surface area contributed by atoms with Gasteiger partial charge >= 0.3 is 6.09 Å². The van der Waals surface area contributed by atoms with E-state index in [9.17, 15) is 19.6 Å². The van der Waals surface area contributed by atoms with Gasteiger partial charge in [-0.15, -0.1) is 0 Å². The predicted molar refractivity (Wildman–Crippen MR) is 145 cm³/mol. The fourth-order valence-electron chi connectivity index (χ4n) is 7.83. The minimum atomic E-state index is -0.709. The Labute approximate surface area is 229 Å². The molecule has 6 atom stereocenters. The number of nitrogens with zero attached hydrogens (tertiary/aromatic N) is 3. The highest BCUT2D eigenvalue weighted by Crippen LogP contribution is 2.75. The second-order valence-corrected chi connectivity index (χ2v) is 12.7. The van der Waals surface area contributed by atoms with E-state index in [0.29, 0.717) is 12.8 Å². The first-order valence-corrected chi connectivity index (χ1v) is 13.7. The van der Waals surface area contributed by atoms with Crippen molar-refractivity contribution in [3.8, 4) is 17.2 Å². The summed E-state index contributed by atoms with van der Waals surface area (Å²) < 4.78 is 5.84. The quantitative estimate of drug-likeness (QED) is 0.466. The summed E-state index contributed by atoms with van der Waals surface area (Å²) in [4.78, 5) is 40.7. The van der Waals surface area contributed by atoms with Crippen LogP contribution in [-0.2, 0) is 27.2 Å². The Morgan fingerprint density at radius 1 is 1.21 bits per heavy atom. The Morgan fingerprint density at radius 2 is 1.92 bits per heavy atom. The Bertz CT molecular complexity index is 1440. The number of nitriles is 1. The third-order valence-corrected chi connectivity index (χ3v) is 9.57. The topological polar surface area (TPSA) is 99.5 Å². The minimum Gasteiger partial charge on any atom is -0.414 e. The molecule has 1 N–H and O–H groups in total. The molecule has 2 aromatic rings. The van der Waals surface area contributed by atoms with E-state index in [1.54, 1.807) is 11.9 Å². The number of likely N-dealkylation sites (N-methyl/N-ethyl adjacent to an activating group) is 1. The first-order valence-electron chi connectivity index (χ1n) is 13.7. The molecule has 3 heterocycles. The predicted octanol–water partition coefficient (Wildman–Crippen LogP) is 4.11. The van der Waals surface area contributed by atoms with Gasteiger partial charge in [0.15, 0.2) is 17.6 Å². The zero-order valence-electron chi connectivity index (χ0n) is 23.2. The maximum Gasteiger partial charge on any atom is 0.518 e. The molecule has 202 valence electrons. The third-order valence-electron chi connectivity index (χ3n) is 9.57. The summed E-state index contributed by atoms with van der Waals surface area (Å²) in [7, 11) is 1.80. The number of piperidine rings is 2. The Balaban J connectivity index is 1.16. The van der Waals surface area contributed by atoms with Crippen LogP contribution in [0.3, 0.4) is 0 Å². The molecule has 6 unspecified atom stereocenters. The highest BCUT2D eigenvalue weighted by Gasteiger charge is 3.00. The smallest absolute Gasteiger partial charge is 0.414 e. The van der Waals surface area contributed by atoms with Gasteiger partial charge in [0.25, 0.3) is 5.91 Å². The number of benzene rings is 2. The van der Waals surface area contributed by atoms with E-state index in [2.05, 4.69) is 18.3 Å². The van der Waals surface area contributed by atoms with E-state index >= 15 is 0 Å². The number of rotatable bonds is 5. The fourth-order valence-corrected chi connectivity index (χ4v) is 7.83. The maximum atomic E-state index is 13.5. The molecule has 39 heavy (non-hydrogen) atoms. The van der Waals surface area contributed by atoms with Crippen LogP contribution in [0.15, 0.2) is 42.5 Å². The molecule has 2 aromatic carbocycles. The number of fused-ring (bicyclic) bond motifs is 2. The van der Waals surface area contributed by atoms with Crippen molar-refractivity contribution in [2.45, 2.75) is 82.6 Å². The van der Waals surface area contributed by atoms with E-state index in [1.165, 1.54) is 0 Å². The van der Waals surface area contributed by atoms with Crippen molar-refractivity contribution in [2.75, 3.05) is 11.9 Å². The highest BCUT2D eigenvalue weighted by atomic mass is 16.6. The molecule has 8 nitrogen and oxygen atoms in total. The zero-order valence-corrected chi connectivity index (χ0v) is 23.2. The molecule has 8 heteroatoms. The first kappa shape index (κ1) is 25.6. The van der Waals surface area contributed by atoms with E-state index in [1.807, 2.05) is 63.2 Å². The van der Waals surface area contributed by atoms with Crippen molar-refractivity contribution in [2.24, 2.45) is 5.92 Å². The highest BCUT2D eigenvalue weighted by molar-refractivity contribution is 6.03. The van der Waals surface area contributed by atoms with Crippen LogP contribution in [0.1, 0.15) is 51.7 Å². The lowest BCUT2D eigenvalue weighted by atomic mass is 9.78. The van der Waals surface area contributed by atoms with Crippen LogP contribution in [0.5, 0.6) is 0 Å². The van der Waals surface area contributed by atoms with Gasteiger partial charge in [-0.2, -0.15) is 14.5 Å². The average Bonchev–Trinajstić information content (AvgIpc) is 3.06. The van der Waals surface area contributed by atoms with Crippen LogP contribution in [-0.4, -0.2) is 58.7 Å². The van der Waals surface area contributed by atoms with Crippen LogP contribution in [0.4, 0.5) is 10.5 Å². The molecular weight excluding hydrogens is 492 g/mol. The van der Waals surface area contributed by atoms with Crippen molar-refractivity contribution in [1.29, 1.82) is 5.26 Å². The van der Waals surface area contributed by atoms with Gasteiger partial charge in [-0.3, -0.25) is 9.59 Å². The molecule has 0 aromatic heterocycles. The van der Waals surface area contributed by atoms with Gasteiger partial charge in [0.1, 0.15) is 11.6 Å². The van der Waals surface area contributed by atoms with E-state index < -0.39 is 17.7 Å². The standard InChI is InChI=1S/C31H34N4O4/c1-30(2,3)39-29(38)35-25-14-13-23(31(25,35)4)27(35)28(37)33-20(17-32)15-18-9-11-19(12-10-18)21-7-6-8-24-22(21)16-26(36)34(24)5/h6-12,20,23,25,27H,13-16H2,1-5H3/p+1. The summed E-state index contributed by atoms with van der Waals surface area (Å²) in [6, 6.07) is 15.0. The van der Waals surface area contributed by atoms with E-state index in [-0.39, 0.29) is 39.9 Å². The van der Waals surface area contributed by atoms with Gasteiger partial charge in [-0.1, -0.05) is 36.4 Å². The third kappa shape index (κ3) is 3.49. The molecule has 4 aliphatic rings. The van der Waals surface area contributed by atoms with Gasteiger partial charge in [-0.25, -0.2) is 0 Å². The minimum absolute atomic E-state index is 0.0761. The largest absolute Gasteiger partial charge is 0.518 e. The summed E-state index contributed by atoms with van der Waals surface area (Å²) in [5.41, 5.74) is 4.07. The van der Waals surface area contributed by atoms with Crippen LogP contribution in [0.2, 0.25) is 0 Å². The molecule has 1 aliphatic carbocycles. The van der Waals surface area contributed by atoms with Gasteiger partial charge in [0, 0.05) is 25.6 Å². The molecule has 0 bridgehead atoms. The number of nitrogens with one attached hydrogen (secondary N) is 1. The van der Waals surface area contributed by atoms with Crippen molar-refractivity contribution in [3.05, 3.63) is 53.6 Å². The summed E-state index contributed by atoms with van der Waals surface area (Å²) in [6.45, 7) is 7.63. The summed E-state index contributed by atoms with van der Waals surface area (Å²) in [5.74, 6) is -0.0190. The number of hydrogen-bond acceptors (Lipinski definition) is 5. The summed E-state index contributed by atoms with van der Waals surface area (Å²) >= 11 is 0. The molecular formula is C31H35N4O4+. The molecule has 1 saturated carbocycles. The number of hydrogen-bond donors (Lipinski definition) is 1. The van der Waals surface area contributed by atoms with E-state index in [4.69, 9.17) is 4.74 Å². The van der Waals surface area contributed by atoms with Gasteiger partial charge in [-0.05, 0) is 62.4 Å². The number of quaternary nitrogens is 1. The number of ether oxygens (including phenoxy) is 1. The van der Waals surface area contributed by atoms with Crippen molar-refractivity contribution in [1.82, 2.24) is 5.32 Å². The summed E-state index contributed by atoms with van der Waals surface area (Å²) in [5, 5.41) is 12.8. The van der Waals surface area contributed by atoms with Crippen molar-refractivity contribution >= 4 is 23.6 Å². The molecule has 3 amide bonds. The Kier molecular flexibility index (Phi) is 5.51. The van der Waals surface area contributed by atoms with Crippen LogP contribution in [0.25, 0.3) is 11.1 Å². The Hall–Kier alpha value is -3.70. The van der Waals surface area contributed by atoms with Crippen LogP contribution >= 0.6 is 0 Å². The van der Waals surface area contributed by atoms with Crippen LogP contribution in [0, 0.1) is 17.2 Å².